The maximum Gasteiger partial charge on any atom is 0.244 e. The van der Waals surface area contributed by atoms with Crippen LogP contribution >= 0.6 is 0 Å². The summed E-state index contributed by atoms with van der Waals surface area (Å²) in [6, 6.07) is 10.6. The van der Waals surface area contributed by atoms with E-state index in [1.54, 1.807) is 4.90 Å². The van der Waals surface area contributed by atoms with Gasteiger partial charge in [0.15, 0.2) is 0 Å². The van der Waals surface area contributed by atoms with Crippen LogP contribution in [-0.2, 0) is 4.79 Å². The molecule has 1 rings (SSSR count). The van der Waals surface area contributed by atoms with Crippen LogP contribution in [0.2, 0.25) is 0 Å². The highest BCUT2D eigenvalue weighted by atomic mass is 16.2. The lowest BCUT2D eigenvalue weighted by molar-refractivity contribution is -0.132. The van der Waals surface area contributed by atoms with Crippen molar-refractivity contribution in [1.29, 1.82) is 5.26 Å². The predicted molar refractivity (Wildman–Crippen MR) is 65.9 cm³/mol. The monoisotopic (exact) mass is 231 g/mol. The number of rotatable bonds is 5. The van der Waals surface area contributed by atoms with E-state index in [1.165, 1.54) is 0 Å². The van der Waals surface area contributed by atoms with Gasteiger partial charge in [-0.1, -0.05) is 30.3 Å². The highest BCUT2D eigenvalue weighted by molar-refractivity contribution is 5.83. The first kappa shape index (κ1) is 13.2. The molecule has 90 valence electrons. The molecule has 0 aliphatic carbocycles. The zero-order valence-electron chi connectivity index (χ0n) is 9.97. The summed E-state index contributed by atoms with van der Waals surface area (Å²) in [7, 11) is 0. The minimum absolute atomic E-state index is 0.131. The van der Waals surface area contributed by atoms with Gasteiger partial charge in [-0.2, -0.15) is 5.26 Å². The first-order valence-electron chi connectivity index (χ1n) is 5.67. The first-order valence-corrected chi connectivity index (χ1v) is 5.67. The Kier molecular flexibility index (Phi) is 5.18. The smallest absolute Gasteiger partial charge is 0.244 e. The molecule has 1 aromatic rings. The molecular weight excluding hydrogens is 214 g/mol. The fraction of sp³-hybridized carbons (Fsp3) is 0.385. The van der Waals surface area contributed by atoms with E-state index in [4.69, 9.17) is 11.0 Å². The summed E-state index contributed by atoms with van der Waals surface area (Å²) in [6.07, 6.45) is 0.334. The fourth-order valence-electron chi connectivity index (χ4n) is 1.61. The van der Waals surface area contributed by atoms with Crippen molar-refractivity contribution in [2.24, 2.45) is 5.73 Å². The first-order chi connectivity index (χ1) is 8.20. The minimum Gasteiger partial charge on any atom is -0.340 e. The maximum absolute atomic E-state index is 12.1. The Morgan fingerprint density at radius 1 is 1.47 bits per heavy atom. The van der Waals surface area contributed by atoms with E-state index in [9.17, 15) is 4.79 Å². The van der Waals surface area contributed by atoms with Gasteiger partial charge in [-0.3, -0.25) is 4.79 Å². The van der Waals surface area contributed by atoms with E-state index in [0.717, 1.165) is 5.56 Å². The highest BCUT2D eigenvalue weighted by Crippen LogP contribution is 2.12. The molecule has 0 aromatic heterocycles. The van der Waals surface area contributed by atoms with Crippen LogP contribution in [0.4, 0.5) is 0 Å². The highest BCUT2D eigenvalue weighted by Gasteiger charge is 2.20. The lowest BCUT2D eigenvalue weighted by Gasteiger charge is -2.23. The molecule has 0 aliphatic heterocycles. The van der Waals surface area contributed by atoms with Crippen molar-refractivity contribution < 1.29 is 4.79 Å². The molecule has 0 unspecified atom stereocenters. The number of nitriles is 1. The van der Waals surface area contributed by atoms with Crippen molar-refractivity contribution in [3.05, 3.63) is 35.9 Å². The lowest BCUT2D eigenvalue weighted by Crippen LogP contribution is -2.38. The average molecular weight is 231 g/mol. The molecule has 0 aliphatic rings. The molecular formula is C13H17N3O. The van der Waals surface area contributed by atoms with E-state index >= 15 is 0 Å². The Hall–Kier alpha value is -1.86. The topological polar surface area (TPSA) is 70.1 Å². The number of hydrogen-bond acceptors (Lipinski definition) is 3. The van der Waals surface area contributed by atoms with Crippen LogP contribution in [0, 0.1) is 11.3 Å². The molecule has 0 heterocycles. The zero-order valence-corrected chi connectivity index (χ0v) is 9.97. The summed E-state index contributed by atoms with van der Waals surface area (Å²) in [4.78, 5) is 13.7. The molecule has 2 N–H and O–H groups in total. The van der Waals surface area contributed by atoms with Crippen LogP contribution in [0.15, 0.2) is 30.3 Å². The third-order valence-corrected chi connectivity index (χ3v) is 2.61. The standard InChI is InChI=1S/C13H17N3O/c1-2-16(10-6-9-14)13(17)12(15)11-7-4-3-5-8-11/h3-5,7-8,12H,2,6,10,15H2,1H3/t12-/m1/s1. The van der Waals surface area contributed by atoms with Crippen LogP contribution in [0.25, 0.3) is 0 Å². The van der Waals surface area contributed by atoms with Crippen molar-refractivity contribution in [3.63, 3.8) is 0 Å². The molecule has 4 heteroatoms. The van der Waals surface area contributed by atoms with Crippen molar-refractivity contribution in [2.75, 3.05) is 13.1 Å². The van der Waals surface area contributed by atoms with Gasteiger partial charge in [0.25, 0.3) is 0 Å². The number of nitrogens with zero attached hydrogens (tertiary/aromatic N) is 2. The second kappa shape index (κ2) is 6.66. The van der Waals surface area contributed by atoms with Gasteiger partial charge in [-0.15, -0.1) is 0 Å². The largest absolute Gasteiger partial charge is 0.340 e. The van der Waals surface area contributed by atoms with Crippen molar-refractivity contribution in [2.45, 2.75) is 19.4 Å². The summed E-state index contributed by atoms with van der Waals surface area (Å²) in [6.45, 7) is 2.89. The van der Waals surface area contributed by atoms with Gasteiger partial charge in [0.2, 0.25) is 5.91 Å². The molecule has 4 nitrogen and oxygen atoms in total. The second-order valence-corrected chi connectivity index (χ2v) is 3.71. The number of nitrogens with two attached hydrogens (primary N) is 1. The molecule has 0 radical (unpaired) electrons. The number of benzene rings is 1. The minimum atomic E-state index is -0.644. The maximum atomic E-state index is 12.1. The summed E-state index contributed by atoms with van der Waals surface area (Å²) < 4.78 is 0. The summed E-state index contributed by atoms with van der Waals surface area (Å²) in [5.74, 6) is -0.131. The third kappa shape index (κ3) is 3.58. The third-order valence-electron chi connectivity index (χ3n) is 2.61. The Bertz CT molecular complexity index is 397. The van der Waals surface area contributed by atoms with Crippen LogP contribution in [-0.4, -0.2) is 23.9 Å². The van der Waals surface area contributed by atoms with Gasteiger partial charge < -0.3 is 10.6 Å². The van der Waals surface area contributed by atoms with Crippen LogP contribution in [0.5, 0.6) is 0 Å². The van der Waals surface area contributed by atoms with Gasteiger partial charge >= 0.3 is 0 Å². The SMILES string of the molecule is CCN(CCC#N)C(=O)[C@H](N)c1ccccc1. The molecule has 0 bridgehead atoms. The number of carbonyl (C=O) groups is 1. The summed E-state index contributed by atoms with van der Waals surface area (Å²) in [5.41, 5.74) is 6.71. The molecule has 0 spiro atoms. The van der Waals surface area contributed by atoms with Crippen molar-refractivity contribution in [3.8, 4) is 6.07 Å². The molecule has 0 saturated heterocycles. The second-order valence-electron chi connectivity index (χ2n) is 3.71. The van der Waals surface area contributed by atoms with E-state index < -0.39 is 6.04 Å². The average Bonchev–Trinajstić information content (AvgIpc) is 2.39. The number of hydrogen-bond donors (Lipinski definition) is 1. The quantitative estimate of drug-likeness (QED) is 0.833. The van der Waals surface area contributed by atoms with Gasteiger partial charge in [0.05, 0.1) is 12.5 Å². The van der Waals surface area contributed by atoms with Gasteiger partial charge in [-0.25, -0.2) is 0 Å². The van der Waals surface area contributed by atoms with Crippen molar-refractivity contribution in [1.82, 2.24) is 4.90 Å². The van der Waals surface area contributed by atoms with E-state index in [0.29, 0.717) is 19.5 Å². The Labute approximate surface area is 102 Å². The normalized spacial score (nSPS) is 11.6. The van der Waals surface area contributed by atoms with E-state index in [1.807, 2.05) is 43.3 Å². The molecule has 1 atom stereocenters. The molecule has 1 aromatic carbocycles. The zero-order chi connectivity index (χ0) is 12.7. The number of likely N-dealkylation sites (N-methyl/N-ethyl adjacent to an activating group) is 1. The summed E-state index contributed by atoms with van der Waals surface area (Å²) in [5, 5.41) is 8.53. The predicted octanol–water partition coefficient (Wildman–Crippen LogP) is 1.45. The van der Waals surface area contributed by atoms with Crippen LogP contribution in [0.3, 0.4) is 0 Å². The van der Waals surface area contributed by atoms with Gasteiger partial charge in [0.1, 0.15) is 6.04 Å². The number of amides is 1. The fourth-order valence-corrected chi connectivity index (χ4v) is 1.61. The Morgan fingerprint density at radius 3 is 2.65 bits per heavy atom. The van der Waals surface area contributed by atoms with E-state index in [-0.39, 0.29) is 5.91 Å². The van der Waals surface area contributed by atoms with Crippen LogP contribution < -0.4 is 5.73 Å². The molecule has 0 fully saturated rings. The lowest BCUT2D eigenvalue weighted by atomic mass is 10.1. The molecule has 0 saturated carbocycles. The van der Waals surface area contributed by atoms with Crippen LogP contribution in [0.1, 0.15) is 24.9 Å². The van der Waals surface area contributed by atoms with Gasteiger partial charge in [-0.05, 0) is 12.5 Å². The van der Waals surface area contributed by atoms with Gasteiger partial charge in [0, 0.05) is 13.1 Å². The number of carbonyl (C=O) groups excluding carboxylic acids is 1. The molecule has 1 amide bonds. The Balaban J connectivity index is 2.71. The summed E-state index contributed by atoms with van der Waals surface area (Å²) >= 11 is 0. The van der Waals surface area contributed by atoms with E-state index in [2.05, 4.69) is 0 Å². The molecule has 17 heavy (non-hydrogen) atoms. The van der Waals surface area contributed by atoms with Crippen molar-refractivity contribution >= 4 is 5.91 Å². The Morgan fingerprint density at radius 2 is 2.12 bits per heavy atom.